The van der Waals surface area contributed by atoms with Crippen molar-refractivity contribution in [1.29, 1.82) is 0 Å². The van der Waals surface area contributed by atoms with Crippen LogP contribution in [-0.2, 0) is 0 Å². The third-order valence-corrected chi connectivity index (χ3v) is 2.17. The summed E-state index contributed by atoms with van der Waals surface area (Å²) in [6.45, 7) is 1.66. The Hall–Kier alpha value is -1.58. The molecule has 0 bridgehead atoms. The van der Waals surface area contributed by atoms with E-state index in [1.165, 1.54) is 12.3 Å². The smallest absolute Gasteiger partial charge is 0.255 e. The first kappa shape index (κ1) is 8.04. The van der Waals surface area contributed by atoms with Gasteiger partial charge in [0.25, 0.3) is 5.91 Å². The number of aromatic nitrogens is 1. The minimum absolute atomic E-state index is 0.00231. The summed E-state index contributed by atoms with van der Waals surface area (Å²) in [5.41, 5.74) is 0.374. The number of carbonyl (C=O) groups is 1. The molecule has 0 radical (unpaired) electrons. The zero-order valence-electron chi connectivity index (χ0n) is 7.12. The maximum absolute atomic E-state index is 11.5. The maximum atomic E-state index is 11.5. The summed E-state index contributed by atoms with van der Waals surface area (Å²) < 4.78 is 0. The van der Waals surface area contributed by atoms with E-state index in [-0.39, 0.29) is 11.5 Å². The predicted molar refractivity (Wildman–Crippen MR) is 47.6 cm³/mol. The summed E-state index contributed by atoms with van der Waals surface area (Å²) >= 11 is 0. The second kappa shape index (κ2) is 3.05. The fraction of sp³-hybridized carbons (Fsp3) is 0.333. The van der Waals surface area contributed by atoms with Crippen molar-refractivity contribution in [2.45, 2.75) is 6.42 Å². The summed E-state index contributed by atoms with van der Waals surface area (Å²) in [4.78, 5) is 26.5. The number of nitrogens with one attached hydrogen (secondary N) is 1. The third-order valence-electron chi connectivity index (χ3n) is 2.17. The lowest BCUT2D eigenvalue weighted by Gasteiger charge is -2.30. The van der Waals surface area contributed by atoms with Crippen molar-refractivity contribution in [3.63, 3.8) is 0 Å². The minimum atomic E-state index is -0.180. The fourth-order valence-electron chi connectivity index (χ4n) is 1.25. The van der Waals surface area contributed by atoms with Gasteiger partial charge in [0.1, 0.15) is 0 Å². The molecule has 4 nitrogen and oxygen atoms in total. The molecule has 2 rings (SSSR count). The molecule has 1 aliphatic rings. The van der Waals surface area contributed by atoms with Crippen molar-refractivity contribution in [3.05, 3.63) is 34.2 Å². The standard InChI is InChI=1S/C9H10N2O2/c12-8-3-2-7(6-10-8)9(13)11-4-1-5-11/h2-3,6H,1,4-5H2,(H,10,12). The van der Waals surface area contributed by atoms with Crippen LogP contribution in [0, 0.1) is 0 Å². The van der Waals surface area contributed by atoms with E-state index in [2.05, 4.69) is 4.98 Å². The summed E-state index contributed by atoms with van der Waals surface area (Å²) in [6, 6.07) is 2.92. The van der Waals surface area contributed by atoms with Crippen molar-refractivity contribution >= 4 is 5.91 Å². The Bertz CT molecular complexity index is 359. The third kappa shape index (κ3) is 1.47. The molecule has 0 spiro atoms. The molecular weight excluding hydrogens is 168 g/mol. The summed E-state index contributed by atoms with van der Waals surface area (Å²) in [5.74, 6) is 0.00231. The molecule has 0 aromatic carbocycles. The van der Waals surface area contributed by atoms with Crippen LogP contribution >= 0.6 is 0 Å². The van der Waals surface area contributed by atoms with E-state index in [1.807, 2.05) is 0 Å². The van der Waals surface area contributed by atoms with Crippen LogP contribution in [0.25, 0.3) is 0 Å². The highest BCUT2D eigenvalue weighted by atomic mass is 16.2. The van der Waals surface area contributed by atoms with Gasteiger partial charge in [0.15, 0.2) is 0 Å². The lowest BCUT2D eigenvalue weighted by molar-refractivity contribution is 0.0651. The Morgan fingerprint density at radius 1 is 1.38 bits per heavy atom. The highest BCUT2D eigenvalue weighted by Crippen LogP contribution is 2.10. The molecule has 1 fully saturated rings. The lowest BCUT2D eigenvalue weighted by Crippen LogP contribution is -2.42. The van der Waals surface area contributed by atoms with Gasteiger partial charge in [-0.05, 0) is 12.5 Å². The SMILES string of the molecule is O=C(c1ccc(=O)[nH]c1)N1CCC1. The highest BCUT2D eigenvalue weighted by molar-refractivity contribution is 5.94. The molecule has 68 valence electrons. The highest BCUT2D eigenvalue weighted by Gasteiger charge is 2.21. The monoisotopic (exact) mass is 178 g/mol. The van der Waals surface area contributed by atoms with Gasteiger partial charge in [-0.25, -0.2) is 0 Å². The van der Waals surface area contributed by atoms with Crippen LogP contribution in [0.3, 0.4) is 0 Å². The first-order valence-electron chi connectivity index (χ1n) is 4.25. The van der Waals surface area contributed by atoms with Crippen LogP contribution in [0.1, 0.15) is 16.8 Å². The average molecular weight is 178 g/mol. The van der Waals surface area contributed by atoms with Crippen LogP contribution in [0.15, 0.2) is 23.1 Å². The van der Waals surface area contributed by atoms with Gasteiger partial charge in [-0.3, -0.25) is 9.59 Å². The number of nitrogens with zero attached hydrogens (tertiary/aromatic N) is 1. The number of rotatable bonds is 1. The number of pyridine rings is 1. The Morgan fingerprint density at radius 3 is 2.62 bits per heavy atom. The number of hydrogen-bond acceptors (Lipinski definition) is 2. The van der Waals surface area contributed by atoms with Gasteiger partial charge in [-0.15, -0.1) is 0 Å². The van der Waals surface area contributed by atoms with Crippen molar-refractivity contribution < 1.29 is 4.79 Å². The zero-order valence-corrected chi connectivity index (χ0v) is 7.12. The topological polar surface area (TPSA) is 53.2 Å². The molecule has 0 saturated carbocycles. The first-order valence-corrected chi connectivity index (χ1v) is 4.25. The van der Waals surface area contributed by atoms with Gasteiger partial charge in [-0.1, -0.05) is 0 Å². The molecule has 1 aromatic rings. The number of likely N-dealkylation sites (tertiary alicyclic amines) is 1. The molecule has 0 unspecified atom stereocenters. The van der Waals surface area contributed by atoms with Crippen LogP contribution < -0.4 is 5.56 Å². The molecule has 1 amide bonds. The Balaban J connectivity index is 2.20. The van der Waals surface area contributed by atoms with E-state index < -0.39 is 0 Å². The molecule has 2 heterocycles. The quantitative estimate of drug-likeness (QED) is 0.668. The number of H-pyrrole nitrogens is 1. The zero-order chi connectivity index (χ0) is 9.26. The van der Waals surface area contributed by atoms with Gasteiger partial charge in [-0.2, -0.15) is 0 Å². The molecule has 1 N–H and O–H groups in total. The van der Waals surface area contributed by atoms with Gasteiger partial charge < -0.3 is 9.88 Å². The summed E-state index contributed by atoms with van der Waals surface area (Å²) in [6.07, 6.45) is 2.54. The molecular formula is C9H10N2O2. The van der Waals surface area contributed by atoms with Crippen LogP contribution in [-0.4, -0.2) is 28.9 Å². The Morgan fingerprint density at radius 2 is 2.15 bits per heavy atom. The summed E-state index contributed by atoms with van der Waals surface area (Å²) in [5, 5.41) is 0. The number of carbonyl (C=O) groups excluding carboxylic acids is 1. The summed E-state index contributed by atoms with van der Waals surface area (Å²) in [7, 11) is 0. The first-order chi connectivity index (χ1) is 6.27. The minimum Gasteiger partial charge on any atom is -0.338 e. The maximum Gasteiger partial charge on any atom is 0.255 e. The molecule has 0 atom stereocenters. The van der Waals surface area contributed by atoms with E-state index in [4.69, 9.17) is 0 Å². The predicted octanol–water partition coefficient (Wildman–Crippen LogP) is 0.221. The van der Waals surface area contributed by atoms with Crippen LogP contribution in [0.2, 0.25) is 0 Å². The molecule has 0 aliphatic carbocycles. The van der Waals surface area contributed by atoms with Gasteiger partial charge in [0.05, 0.1) is 5.56 Å². The van der Waals surface area contributed by atoms with E-state index in [9.17, 15) is 9.59 Å². The largest absolute Gasteiger partial charge is 0.338 e. The number of hydrogen-bond donors (Lipinski definition) is 1. The van der Waals surface area contributed by atoms with E-state index in [0.717, 1.165) is 19.5 Å². The Labute approximate surface area is 75.2 Å². The number of aromatic amines is 1. The van der Waals surface area contributed by atoms with Crippen molar-refractivity contribution in [2.75, 3.05) is 13.1 Å². The van der Waals surface area contributed by atoms with Crippen molar-refractivity contribution in [1.82, 2.24) is 9.88 Å². The van der Waals surface area contributed by atoms with Crippen LogP contribution in [0.4, 0.5) is 0 Å². The average Bonchev–Trinajstić information content (AvgIpc) is 2.02. The second-order valence-electron chi connectivity index (χ2n) is 3.09. The van der Waals surface area contributed by atoms with Gasteiger partial charge in [0.2, 0.25) is 5.56 Å². The fourth-order valence-corrected chi connectivity index (χ4v) is 1.25. The van der Waals surface area contributed by atoms with Crippen molar-refractivity contribution in [3.8, 4) is 0 Å². The Kier molecular flexibility index (Phi) is 1.88. The lowest BCUT2D eigenvalue weighted by atomic mass is 10.1. The number of amides is 1. The van der Waals surface area contributed by atoms with Gasteiger partial charge >= 0.3 is 0 Å². The molecule has 4 heteroatoms. The van der Waals surface area contributed by atoms with Crippen LogP contribution in [0.5, 0.6) is 0 Å². The molecule has 13 heavy (non-hydrogen) atoms. The second-order valence-corrected chi connectivity index (χ2v) is 3.09. The molecule has 1 aromatic heterocycles. The van der Waals surface area contributed by atoms with Crippen molar-refractivity contribution in [2.24, 2.45) is 0 Å². The molecule has 1 saturated heterocycles. The van der Waals surface area contributed by atoms with E-state index in [0.29, 0.717) is 5.56 Å². The molecule has 1 aliphatic heterocycles. The van der Waals surface area contributed by atoms with E-state index in [1.54, 1.807) is 11.0 Å². The van der Waals surface area contributed by atoms with E-state index >= 15 is 0 Å². The normalized spacial score (nSPS) is 15.2. The van der Waals surface area contributed by atoms with Gasteiger partial charge in [0, 0.05) is 25.4 Å².